The predicted molar refractivity (Wildman–Crippen MR) is 101 cm³/mol. The highest BCUT2D eigenvalue weighted by Gasteiger charge is 2.31. The fourth-order valence-corrected chi connectivity index (χ4v) is 4.60. The van der Waals surface area contributed by atoms with Crippen molar-refractivity contribution in [2.24, 2.45) is 0 Å². The number of hydrogen-bond acceptors (Lipinski definition) is 1. The Balaban J connectivity index is 1.77. The van der Waals surface area contributed by atoms with Crippen LogP contribution in [0, 0.1) is 0 Å². The maximum atomic E-state index is 2.46. The molecule has 2 atom stereocenters. The molecule has 2 unspecified atom stereocenters. The topological polar surface area (TPSA) is 3.24 Å². The first kappa shape index (κ1) is 13.9. The molecule has 0 radical (unpaired) electrons. The van der Waals surface area contributed by atoms with Gasteiger partial charge in [0.05, 0.1) is 0 Å². The summed E-state index contributed by atoms with van der Waals surface area (Å²) in [4.78, 5) is 2.36. The van der Waals surface area contributed by atoms with Crippen LogP contribution in [0.4, 0.5) is 11.4 Å². The van der Waals surface area contributed by atoms with E-state index in [1.165, 1.54) is 44.8 Å². The molecule has 1 nitrogen and oxygen atoms in total. The molecule has 0 amide bonds. The molecule has 3 aromatic rings. The second-order valence-corrected chi connectivity index (χ2v) is 7.15. The molecular weight excluding hydrogens is 290 g/mol. The van der Waals surface area contributed by atoms with Gasteiger partial charge in [0.1, 0.15) is 0 Å². The molecule has 0 saturated carbocycles. The van der Waals surface area contributed by atoms with Crippen LogP contribution in [0.2, 0.25) is 0 Å². The van der Waals surface area contributed by atoms with Crippen LogP contribution in [-0.4, -0.2) is 7.05 Å². The smallest absolute Gasteiger partial charge is 0.0453 e. The van der Waals surface area contributed by atoms with Gasteiger partial charge in [0.15, 0.2) is 0 Å². The average molecular weight is 311 g/mol. The average Bonchev–Trinajstić information content (AvgIpc) is 2.91. The van der Waals surface area contributed by atoms with Gasteiger partial charge in [-0.05, 0) is 45.5 Å². The number of para-hydroxylation sites is 1. The number of rotatable bonds is 0. The van der Waals surface area contributed by atoms with Gasteiger partial charge in [0.25, 0.3) is 0 Å². The van der Waals surface area contributed by atoms with E-state index in [9.17, 15) is 0 Å². The van der Waals surface area contributed by atoms with Crippen molar-refractivity contribution in [3.05, 3.63) is 82.9 Å². The van der Waals surface area contributed by atoms with Crippen molar-refractivity contribution in [1.29, 1.82) is 0 Å². The highest BCUT2D eigenvalue weighted by atomic mass is 15.1. The zero-order chi connectivity index (χ0) is 16.4. The van der Waals surface area contributed by atoms with Gasteiger partial charge in [-0.15, -0.1) is 0 Å². The molecule has 118 valence electrons. The molecule has 0 saturated heterocycles. The Morgan fingerprint density at radius 1 is 0.625 bits per heavy atom. The number of fused-ring (bicyclic) bond motifs is 5. The van der Waals surface area contributed by atoms with Crippen LogP contribution < -0.4 is 4.90 Å². The van der Waals surface area contributed by atoms with Crippen molar-refractivity contribution < 1.29 is 0 Å². The van der Waals surface area contributed by atoms with E-state index in [2.05, 4.69) is 86.5 Å². The highest BCUT2D eigenvalue weighted by molar-refractivity contribution is 5.86. The molecule has 1 heteroatoms. The van der Waals surface area contributed by atoms with Crippen LogP contribution in [-0.2, 0) is 0 Å². The van der Waals surface area contributed by atoms with Gasteiger partial charge in [-0.1, -0.05) is 62.4 Å². The molecule has 24 heavy (non-hydrogen) atoms. The van der Waals surface area contributed by atoms with Crippen LogP contribution in [0.1, 0.15) is 47.9 Å². The summed E-state index contributed by atoms with van der Waals surface area (Å²) >= 11 is 0. The SMILES string of the molecule is CC1c2ccccc2-c2cc3c(cc21)C(C)c1ccccc1N3C. The Labute approximate surface area is 143 Å². The molecule has 0 bridgehead atoms. The van der Waals surface area contributed by atoms with E-state index in [0.717, 1.165) is 0 Å². The van der Waals surface area contributed by atoms with Gasteiger partial charge in [-0.3, -0.25) is 0 Å². The van der Waals surface area contributed by atoms with Crippen molar-refractivity contribution in [3.8, 4) is 11.1 Å². The van der Waals surface area contributed by atoms with Crippen LogP contribution in [0.5, 0.6) is 0 Å². The summed E-state index contributed by atoms with van der Waals surface area (Å²) in [5, 5.41) is 0. The second kappa shape index (κ2) is 4.73. The molecule has 1 aliphatic carbocycles. The van der Waals surface area contributed by atoms with Crippen molar-refractivity contribution in [2.45, 2.75) is 25.7 Å². The highest BCUT2D eigenvalue weighted by Crippen LogP contribution is 2.51. The normalized spacial score (nSPS) is 20.2. The Morgan fingerprint density at radius 3 is 2.12 bits per heavy atom. The Kier molecular flexibility index (Phi) is 2.73. The van der Waals surface area contributed by atoms with E-state index in [1.54, 1.807) is 0 Å². The third kappa shape index (κ3) is 1.65. The first-order valence-electron chi connectivity index (χ1n) is 8.76. The summed E-state index contributed by atoms with van der Waals surface area (Å²) in [6, 6.07) is 22.5. The number of anilines is 2. The van der Waals surface area contributed by atoms with Gasteiger partial charge in [-0.2, -0.15) is 0 Å². The Hall–Kier alpha value is -2.54. The Morgan fingerprint density at radius 2 is 1.29 bits per heavy atom. The van der Waals surface area contributed by atoms with Gasteiger partial charge >= 0.3 is 0 Å². The summed E-state index contributed by atoms with van der Waals surface area (Å²) in [7, 11) is 2.19. The molecule has 0 aromatic heterocycles. The van der Waals surface area contributed by atoms with Gasteiger partial charge in [-0.25, -0.2) is 0 Å². The second-order valence-electron chi connectivity index (χ2n) is 7.15. The van der Waals surface area contributed by atoms with Crippen LogP contribution in [0.25, 0.3) is 11.1 Å². The lowest BCUT2D eigenvalue weighted by atomic mass is 9.84. The molecule has 0 fully saturated rings. The van der Waals surface area contributed by atoms with E-state index in [-0.39, 0.29) is 0 Å². The van der Waals surface area contributed by atoms with E-state index in [1.807, 2.05) is 0 Å². The molecule has 1 aliphatic heterocycles. The van der Waals surface area contributed by atoms with E-state index >= 15 is 0 Å². The molecule has 0 spiro atoms. The van der Waals surface area contributed by atoms with E-state index in [4.69, 9.17) is 0 Å². The standard InChI is InChI=1S/C23H21N/c1-14-16-8-4-5-10-18(16)21-13-23-20(12-19(14)21)15(2)17-9-6-7-11-22(17)24(23)3/h4-15H,1-3H3. The Bertz CT molecular complexity index is 970. The zero-order valence-corrected chi connectivity index (χ0v) is 14.4. The summed E-state index contributed by atoms with van der Waals surface area (Å²) in [6.45, 7) is 4.67. The fraction of sp³-hybridized carbons (Fsp3) is 0.217. The van der Waals surface area contributed by atoms with Gasteiger partial charge < -0.3 is 4.90 Å². The lowest BCUT2D eigenvalue weighted by Gasteiger charge is -2.34. The van der Waals surface area contributed by atoms with Crippen molar-refractivity contribution in [3.63, 3.8) is 0 Å². The third-order valence-corrected chi connectivity index (χ3v) is 5.98. The van der Waals surface area contributed by atoms with Crippen molar-refractivity contribution >= 4 is 11.4 Å². The van der Waals surface area contributed by atoms with E-state index < -0.39 is 0 Å². The monoisotopic (exact) mass is 311 g/mol. The zero-order valence-electron chi connectivity index (χ0n) is 14.4. The third-order valence-electron chi connectivity index (χ3n) is 5.98. The molecule has 3 aromatic carbocycles. The minimum absolute atomic E-state index is 0.439. The maximum Gasteiger partial charge on any atom is 0.0453 e. The minimum Gasteiger partial charge on any atom is -0.344 e. The molecular formula is C23H21N. The van der Waals surface area contributed by atoms with Crippen LogP contribution in [0.15, 0.2) is 60.7 Å². The first-order valence-corrected chi connectivity index (χ1v) is 8.76. The molecule has 2 aliphatic rings. The van der Waals surface area contributed by atoms with Gasteiger partial charge in [0.2, 0.25) is 0 Å². The summed E-state index contributed by atoms with van der Waals surface area (Å²) in [6.07, 6.45) is 0. The van der Waals surface area contributed by atoms with Crippen molar-refractivity contribution in [2.75, 3.05) is 11.9 Å². The predicted octanol–water partition coefficient (Wildman–Crippen LogP) is 6.05. The van der Waals surface area contributed by atoms with E-state index in [0.29, 0.717) is 11.8 Å². The first-order chi connectivity index (χ1) is 11.7. The van der Waals surface area contributed by atoms with Crippen LogP contribution >= 0.6 is 0 Å². The molecule has 5 rings (SSSR count). The quantitative estimate of drug-likeness (QED) is 0.488. The largest absolute Gasteiger partial charge is 0.344 e. The fourth-order valence-electron chi connectivity index (χ4n) is 4.60. The summed E-state index contributed by atoms with van der Waals surface area (Å²) in [5.41, 5.74) is 11.3. The van der Waals surface area contributed by atoms with Gasteiger partial charge in [0, 0.05) is 30.3 Å². The maximum absolute atomic E-state index is 2.46. The minimum atomic E-state index is 0.439. The summed E-state index contributed by atoms with van der Waals surface area (Å²) in [5.74, 6) is 0.921. The lowest BCUT2D eigenvalue weighted by Crippen LogP contribution is -2.20. The number of benzene rings is 3. The van der Waals surface area contributed by atoms with Crippen molar-refractivity contribution in [1.82, 2.24) is 0 Å². The molecule has 1 heterocycles. The molecule has 0 N–H and O–H groups in total. The van der Waals surface area contributed by atoms with Crippen LogP contribution in [0.3, 0.4) is 0 Å². The summed E-state index contributed by atoms with van der Waals surface area (Å²) < 4.78 is 0. The lowest BCUT2D eigenvalue weighted by molar-refractivity contribution is 0.871. The number of nitrogens with zero attached hydrogens (tertiary/aromatic N) is 1. The number of hydrogen-bond donors (Lipinski definition) is 0.